The maximum absolute atomic E-state index is 9.53. The molecule has 0 aromatic rings. The average molecular weight is 237 g/mol. The number of aliphatic hydroxyl groups excluding tert-OH is 6. The van der Waals surface area contributed by atoms with Crippen LogP contribution >= 0.6 is 0 Å². The molecule has 1 rings (SSSR count). The van der Waals surface area contributed by atoms with Crippen LogP contribution in [0.25, 0.3) is 0 Å². The zero-order valence-corrected chi connectivity index (χ0v) is 8.85. The van der Waals surface area contributed by atoms with Gasteiger partial charge in [0.25, 0.3) is 0 Å². The smallest absolute Gasteiger partial charge is 0.110 e. The van der Waals surface area contributed by atoms with Gasteiger partial charge in [-0.3, -0.25) is 4.90 Å². The minimum Gasteiger partial charge on any atom is -0.395 e. The summed E-state index contributed by atoms with van der Waals surface area (Å²) < 4.78 is 0. The minimum atomic E-state index is -1.43. The summed E-state index contributed by atoms with van der Waals surface area (Å²) in [5.74, 6) is 0. The molecule has 1 heterocycles. The lowest BCUT2D eigenvalue weighted by Gasteiger charge is -2.29. The molecule has 0 amide bonds. The Hall–Kier alpha value is -0.280. The van der Waals surface area contributed by atoms with Crippen LogP contribution in [0.4, 0.5) is 0 Å². The Labute approximate surface area is 93.2 Å². The number of likely N-dealkylation sites (tertiary alicyclic amines) is 1. The molecule has 96 valence electrons. The van der Waals surface area contributed by atoms with E-state index in [-0.39, 0.29) is 26.3 Å². The summed E-state index contributed by atoms with van der Waals surface area (Å²) in [5.41, 5.74) is 0. The summed E-state index contributed by atoms with van der Waals surface area (Å²) in [4.78, 5) is 1.44. The highest BCUT2D eigenvalue weighted by atomic mass is 16.4. The van der Waals surface area contributed by atoms with E-state index in [4.69, 9.17) is 10.2 Å². The minimum absolute atomic E-state index is 0.0267. The molecule has 0 unspecified atom stereocenters. The van der Waals surface area contributed by atoms with Gasteiger partial charge in [-0.25, -0.2) is 0 Å². The summed E-state index contributed by atoms with van der Waals surface area (Å²) in [6, 6.07) is -0.623. The molecule has 7 nitrogen and oxygen atoms in total. The molecule has 0 radical (unpaired) electrons. The molecule has 0 saturated carbocycles. The van der Waals surface area contributed by atoms with Crippen LogP contribution in [0.3, 0.4) is 0 Å². The third-order valence-electron chi connectivity index (χ3n) is 2.92. The summed E-state index contributed by atoms with van der Waals surface area (Å²) in [6.07, 6.45) is -5.32. The number of aliphatic hydroxyl groups is 6. The van der Waals surface area contributed by atoms with Crippen LogP contribution < -0.4 is 0 Å². The maximum atomic E-state index is 9.53. The lowest BCUT2D eigenvalue weighted by molar-refractivity contribution is -0.0894. The van der Waals surface area contributed by atoms with E-state index in [1.165, 1.54) is 4.90 Å². The van der Waals surface area contributed by atoms with Crippen LogP contribution in [-0.4, -0.2) is 92.3 Å². The molecule has 6 N–H and O–H groups in total. The van der Waals surface area contributed by atoms with Crippen LogP contribution in [0.5, 0.6) is 0 Å². The average Bonchev–Trinajstić information content (AvgIpc) is 2.35. The molecular weight excluding hydrogens is 218 g/mol. The lowest BCUT2D eigenvalue weighted by Crippen LogP contribution is -2.46. The summed E-state index contributed by atoms with van der Waals surface area (Å²) in [6.45, 7) is -0.716. The molecule has 4 atom stereocenters. The monoisotopic (exact) mass is 237 g/mol. The van der Waals surface area contributed by atoms with E-state index in [1.54, 1.807) is 0 Å². The van der Waals surface area contributed by atoms with Crippen LogP contribution in [0.15, 0.2) is 0 Å². The van der Waals surface area contributed by atoms with E-state index < -0.39 is 30.5 Å². The lowest BCUT2D eigenvalue weighted by atomic mass is 10.1. The van der Waals surface area contributed by atoms with Crippen molar-refractivity contribution in [2.45, 2.75) is 30.5 Å². The van der Waals surface area contributed by atoms with Gasteiger partial charge in [0, 0.05) is 13.1 Å². The standard InChI is InChI=1S/C9H19NO6/c11-3-5(4-12)10-1-6(13)8(15)9(16)7(14)2-10/h5-9,11-16H,1-4H2/t6-,7-,8+,9+/m0/s1. The highest BCUT2D eigenvalue weighted by Gasteiger charge is 2.37. The predicted molar refractivity (Wildman–Crippen MR) is 53.6 cm³/mol. The molecule has 1 fully saturated rings. The molecule has 1 saturated heterocycles. The molecule has 0 bridgehead atoms. The zero-order chi connectivity index (χ0) is 12.3. The van der Waals surface area contributed by atoms with Crippen molar-refractivity contribution in [2.24, 2.45) is 0 Å². The molecule has 1 aliphatic heterocycles. The number of nitrogens with zero attached hydrogens (tertiary/aromatic N) is 1. The van der Waals surface area contributed by atoms with Gasteiger partial charge in [0.05, 0.1) is 31.5 Å². The Morgan fingerprint density at radius 2 is 1.25 bits per heavy atom. The number of hydrogen-bond donors (Lipinski definition) is 6. The molecule has 7 heteroatoms. The van der Waals surface area contributed by atoms with Crippen LogP contribution in [-0.2, 0) is 0 Å². The van der Waals surface area contributed by atoms with E-state index in [0.29, 0.717) is 0 Å². The largest absolute Gasteiger partial charge is 0.395 e. The van der Waals surface area contributed by atoms with E-state index in [1.807, 2.05) is 0 Å². The molecular formula is C9H19NO6. The first kappa shape index (κ1) is 13.8. The third kappa shape index (κ3) is 2.89. The molecule has 16 heavy (non-hydrogen) atoms. The van der Waals surface area contributed by atoms with Gasteiger partial charge in [0.1, 0.15) is 12.2 Å². The predicted octanol–water partition coefficient (Wildman–Crippen LogP) is -3.90. The Kier molecular flexibility index (Phi) is 5.06. The Balaban J connectivity index is 2.74. The first-order valence-electron chi connectivity index (χ1n) is 5.19. The Morgan fingerprint density at radius 3 is 1.56 bits per heavy atom. The van der Waals surface area contributed by atoms with E-state index in [0.717, 1.165) is 0 Å². The molecule has 1 aliphatic rings. The topological polar surface area (TPSA) is 125 Å². The second-order valence-corrected chi connectivity index (χ2v) is 4.09. The van der Waals surface area contributed by atoms with Crippen molar-refractivity contribution < 1.29 is 30.6 Å². The van der Waals surface area contributed by atoms with E-state index in [2.05, 4.69) is 0 Å². The highest BCUT2D eigenvalue weighted by Crippen LogP contribution is 2.15. The Morgan fingerprint density at radius 1 is 0.875 bits per heavy atom. The first-order valence-corrected chi connectivity index (χ1v) is 5.19. The van der Waals surface area contributed by atoms with Gasteiger partial charge < -0.3 is 30.6 Å². The van der Waals surface area contributed by atoms with Gasteiger partial charge in [-0.05, 0) is 0 Å². The number of hydrogen-bond acceptors (Lipinski definition) is 7. The van der Waals surface area contributed by atoms with Crippen molar-refractivity contribution in [3.8, 4) is 0 Å². The van der Waals surface area contributed by atoms with Crippen molar-refractivity contribution in [3.05, 3.63) is 0 Å². The van der Waals surface area contributed by atoms with Crippen molar-refractivity contribution in [1.82, 2.24) is 4.90 Å². The zero-order valence-electron chi connectivity index (χ0n) is 8.85. The molecule has 0 aliphatic carbocycles. The maximum Gasteiger partial charge on any atom is 0.110 e. The van der Waals surface area contributed by atoms with Crippen LogP contribution in [0.2, 0.25) is 0 Å². The second-order valence-electron chi connectivity index (χ2n) is 4.09. The second kappa shape index (κ2) is 5.87. The van der Waals surface area contributed by atoms with Crippen molar-refractivity contribution >= 4 is 0 Å². The SMILES string of the molecule is OCC(CO)N1C[C@H](O)[C@@H](O)[C@H](O)[C@@H](O)C1. The van der Waals surface area contributed by atoms with Crippen LogP contribution in [0.1, 0.15) is 0 Å². The fourth-order valence-corrected chi connectivity index (χ4v) is 1.81. The highest BCUT2D eigenvalue weighted by molar-refractivity contribution is 4.90. The van der Waals surface area contributed by atoms with Gasteiger partial charge in [-0.15, -0.1) is 0 Å². The van der Waals surface area contributed by atoms with Gasteiger partial charge in [-0.1, -0.05) is 0 Å². The van der Waals surface area contributed by atoms with Gasteiger partial charge in [0.15, 0.2) is 0 Å². The third-order valence-corrected chi connectivity index (χ3v) is 2.92. The molecule has 0 aromatic heterocycles. The van der Waals surface area contributed by atoms with Crippen molar-refractivity contribution in [1.29, 1.82) is 0 Å². The fraction of sp³-hybridized carbons (Fsp3) is 1.00. The normalized spacial score (nSPS) is 37.7. The summed E-state index contributed by atoms with van der Waals surface area (Å²) >= 11 is 0. The quantitative estimate of drug-likeness (QED) is 0.296. The van der Waals surface area contributed by atoms with E-state index in [9.17, 15) is 20.4 Å². The van der Waals surface area contributed by atoms with Gasteiger partial charge in [0.2, 0.25) is 0 Å². The first-order chi connectivity index (χ1) is 7.51. The summed E-state index contributed by atoms with van der Waals surface area (Å²) in [7, 11) is 0. The van der Waals surface area contributed by atoms with Gasteiger partial charge >= 0.3 is 0 Å². The number of β-amino-alcohol motifs (C(OH)–C–C–N with tert-alkyl or cyclic N) is 2. The molecule has 0 spiro atoms. The van der Waals surface area contributed by atoms with Crippen molar-refractivity contribution in [2.75, 3.05) is 26.3 Å². The summed E-state index contributed by atoms with van der Waals surface area (Å²) in [5, 5.41) is 55.9. The fourth-order valence-electron chi connectivity index (χ4n) is 1.81. The van der Waals surface area contributed by atoms with Gasteiger partial charge in [-0.2, -0.15) is 0 Å². The molecule has 0 aromatic carbocycles. The van der Waals surface area contributed by atoms with Crippen LogP contribution in [0, 0.1) is 0 Å². The Bertz CT molecular complexity index is 196. The van der Waals surface area contributed by atoms with E-state index >= 15 is 0 Å². The number of rotatable bonds is 3. The van der Waals surface area contributed by atoms with Crippen molar-refractivity contribution in [3.63, 3.8) is 0 Å².